The third kappa shape index (κ3) is 13.9. The number of benzene rings is 1. The maximum Gasteiger partial charge on any atom is 0.247 e. The second-order valence-electron chi connectivity index (χ2n) is 12.6. The van der Waals surface area contributed by atoms with Gasteiger partial charge in [-0.3, -0.25) is 38.4 Å². The topological polar surface area (TPSA) is 275 Å². The first-order valence-electron chi connectivity index (χ1n) is 17.3. The summed E-state index contributed by atoms with van der Waals surface area (Å²) in [7, 11) is 0. The summed E-state index contributed by atoms with van der Waals surface area (Å²) >= 11 is 0. The van der Waals surface area contributed by atoms with E-state index in [2.05, 4.69) is 53.8 Å². The molecule has 1 aliphatic rings. The van der Waals surface area contributed by atoms with E-state index in [4.69, 9.17) is 5.73 Å². The van der Waals surface area contributed by atoms with Crippen molar-refractivity contribution in [3.05, 3.63) is 66.3 Å². The number of H-pyrrole nitrogens is 1. The zero-order valence-electron chi connectivity index (χ0n) is 29.8. The minimum absolute atomic E-state index is 0.00726. The number of nitrogens with two attached hydrogens (primary N) is 1. The lowest BCUT2D eigenvalue weighted by atomic mass is 10.0. The monoisotopic (exact) mass is 736 g/mol. The fraction of sp³-hybridized carbons (Fsp3) is 0.457. The minimum Gasteiger partial charge on any atom is -0.368 e. The van der Waals surface area contributed by atoms with Gasteiger partial charge < -0.3 is 47.9 Å². The number of hydrogen-bond donors (Lipinski definition) is 9. The number of imidazole rings is 1. The van der Waals surface area contributed by atoms with Crippen LogP contribution < -0.4 is 43.0 Å². The molecule has 2 aromatic rings. The van der Waals surface area contributed by atoms with Crippen LogP contribution in [0.4, 0.5) is 0 Å². The van der Waals surface area contributed by atoms with Crippen molar-refractivity contribution in [2.24, 2.45) is 5.73 Å². The summed E-state index contributed by atoms with van der Waals surface area (Å²) in [4.78, 5) is 111. The number of carbonyl (C=O) groups is 8. The highest BCUT2D eigenvalue weighted by atomic mass is 16.2. The van der Waals surface area contributed by atoms with E-state index in [0.717, 1.165) is 0 Å². The van der Waals surface area contributed by atoms with Crippen molar-refractivity contribution in [2.45, 2.75) is 89.0 Å². The van der Waals surface area contributed by atoms with Crippen molar-refractivity contribution in [3.8, 4) is 0 Å². The van der Waals surface area contributed by atoms with Gasteiger partial charge in [-0.05, 0) is 30.4 Å². The number of hydrogen-bond acceptors (Lipinski definition) is 9. The summed E-state index contributed by atoms with van der Waals surface area (Å²) in [5.41, 5.74) is 6.99. The molecule has 8 amide bonds. The molecule has 0 unspecified atom stereocenters. The second-order valence-corrected chi connectivity index (χ2v) is 12.6. The third-order valence-electron chi connectivity index (χ3n) is 8.27. The van der Waals surface area contributed by atoms with Gasteiger partial charge in [0, 0.05) is 44.6 Å². The van der Waals surface area contributed by atoms with Gasteiger partial charge >= 0.3 is 0 Å². The van der Waals surface area contributed by atoms with E-state index in [0.29, 0.717) is 29.7 Å². The first kappa shape index (κ1) is 41.4. The van der Waals surface area contributed by atoms with Gasteiger partial charge in [-0.2, -0.15) is 0 Å². The molecule has 2 heterocycles. The van der Waals surface area contributed by atoms with Crippen molar-refractivity contribution in [2.75, 3.05) is 13.1 Å². The molecule has 0 aliphatic carbocycles. The van der Waals surface area contributed by atoms with Crippen LogP contribution in [0.25, 0.3) is 0 Å². The first-order chi connectivity index (χ1) is 25.3. The molecule has 3 rings (SSSR count). The highest BCUT2D eigenvalue weighted by Gasteiger charge is 2.33. The van der Waals surface area contributed by atoms with Gasteiger partial charge in [0.05, 0.1) is 12.9 Å². The van der Waals surface area contributed by atoms with Crippen molar-refractivity contribution < 1.29 is 38.4 Å². The Kier molecular flexibility index (Phi) is 16.1. The number of amides is 8. The van der Waals surface area contributed by atoms with Gasteiger partial charge in [-0.1, -0.05) is 50.3 Å². The van der Waals surface area contributed by atoms with Crippen LogP contribution in [0.1, 0.15) is 57.2 Å². The maximum atomic E-state index is 14.0. The first-order valence-corrected chi connectivity index (χ1v) is 17.3. The van der Waals surface area contributed by atoms with Gasteiger partial charge in [0.2, 0.25) is 47.3 Å². The largest absolute Gasteiger partial charge is 0.368 e. The quantitative estimate of drug-likeness (QED) is 0.114. The SMILES string of the molecule is C=C(CCC)[C@H](NC(C)=O)C(=O)N[C@H]1CCC(=O)NCC[C@@H](C(N)=O)NC(=O)CNC(=O)[C@@H](Cc2ccccc2)NC(=O)[C@H](Cc2cnc[nH]2)NC1=O. The second kappa shape index (κ2) is 20.7. The molecule has 0 spiro atoms. The predicted octanol–water partition coefficient (Wildman–Crippen LogP) is -2.10. The van der Waals surface area contributed by atoms with E-state index in [-0.39, 0.29) is 38.6 Å². The highest BCUT2D eigenvalue weighted by molar-refractivity contribution is 5.97. The number of aromatic nitrogens is 2. The molecule has 1 aromatic heterocycles. The average Bonchev–Trinajstić information content (AvgIpc) is 3.63. The fourth-order valence-electron chi connectivity index (χ4n) is 5.52. The zero-order chi connectivity index (χ0) is 38.9. The fourth-order valence-corrected chi connectivity index (χ4v) is 5.52. The summed E-state index contributed by atoms with van der Waals surface area (Å²) in [6, 6.07) is 2.44. The average molecular weight is 737 g/mol. The van der Waals surface area contributed by atoms with E-state index in [1.807, 2.05) is 6.92 Å². The van der Waals surface area contributed by atoms with Crippen LogP contribution in [-0.2, 0) is 51.2 Å². The Balaban J connectivity index is 1.99. The maximum absolute atomic E-state index is 14.0. The molecule has 0 saturated carbocycles. The molecule has 10 N–H and O–H groups in total. The lowest BCUT2D eigenvalue weighted by Gasteiger charge is -2.27. The van der Waals surface area contributed by atoms with Crippen LogP contribution in [0.2, 0.25) is 0 Å². The standard InChI is InChI=1S/C35H48N10O8/c1-4-8-20(2)30(41-21(3)46)35(53)43-25-11-12-28(47)38-14-13-24(31(36)49)42-29(48)18-39-32(50)26(15-22-9-6-5-7-10-22)44-34(52)27(45-33(25)51)16-23-17-37-19-40-23/h5-7,9-10,17,19,24-27,30H,2,4,8,11-16,18H2,1,3H3,(H2,36,49)(H,37,40)(H,38,47)(H,39,50)(H,41,46)(H,42,48)(H,43,53)(H,44,52)(H,45,51)/t24-,25-,26+,27-,30-/m0/s1. The highest BCUT2D eigenvalue weighted by Crippen LogP contribution is 2.11. The van der Waals surface area contributed by atoms with Gasteiger partial charge in [-0.25, -0.2) is 4.98 Å². The van der Waals surface area contributed by atoms with Gasteiger partial charge in [0.25, 0.3) is 0 Å². The van der Waals surface area contributed by atoms with Gasteiger partial charge in [0.1, 0.15) is 30.2 Å². The summed E-state index contributed by atoms with van der Waals surface area (Å²) in [5, 5.41) is 17.9. The lowest BCUT2D eigenvalue weighted by molar-refractivity contribution is -0.134. The Morgan fingerprint density at radius 1 is 0.925 bits per heavy atom. The number of nitrogens with one attached hydrogen (secondary N) is 8. The zero-order valence-corrected chi connectivity index (χ0v) is 29.8. The van der Waals surface area contributed by atoms with Crippen LogP contribution in [0.5, 0.6) is 0 Å². The smallest absolute Gasteiger partial charge is 0.247 e. The Labute approximate surface area is 306 Å². The van der Waals surface area contributed by atoms with Crippen molar-refractivity contribution >= 4 is 47.3 Å². The molecule has 0 bridgehead atoms. The molecule has 0 radical (unpaired) electrons. The Morgan fingerprint density at radius 3 is 2.26 bits per heavy atom. The van der Waals surface area contributed by atoms with Crippen molar-refractivity contribution in [1.29, 1.82) is 0 Å². The van der Waals surface area contributed by atoms with E-state index < -0.39 is 84.0 Å². The van der Waals surface area contributed by atoms with E-state index in [9.17, 15) is 38.4 Å². The summed E-state index contributed by atoms with van der Waals surface area (Å²) in [6.07, 6.45) is 3.12. The van der Waals surface area contributed by atoms with Crippen LogP contribution in [0.15, 0.2) is 55.0 Å². The molecule has 1 fully saturated rings. The van der Waals surface area contributed by atoms with Crippen LogP contribution >= 0.6 is 0 Å². The Morgan fingerprint density at radius 2 is 1.62 bits per heavy atom. The lowest BCUT2D eigenvalue weighted by Crippen LogP contribution is -2.59. The predicted molar refractivity (Wildman–Crippen MR) is 191 cm³/mol. The van der Waals surface area contributed by atoms with E-state index in [1.54, 1.807) is 30.3 Å². The van der Waals surface area contributed by atoms with Crippen molar-refractivity contribution in [1.82, 2.24) is 47.2 Å². The van der Waals surface area contributed by atoms with Crippen LogP contribution in [0.3, 0.4) is 0 Å². The van der Waals surface area contributed by atoms with Crippen molar-refractivity contribution in [3.63, 3.8) is 0 Å². The molecule has 53 heavy (non-hydrogen) atoms. The number of rotatable bonds is 11. The molecule has 1 aliphatic heterocycles. The number of carbonyl (C=O) groups excluding carboxylic acids is 8. The van der Waals surface area contributed by atoms with Crippen LogP contribution in [0, 0.1) is 0 Å². The Bertz CT molecular complexity index is 1630. The molecule has 1 aromatic carbocycles. The Hall–Kier alpha value is -6.07. The summed E-state index contributed by atoms with van der Waals surface area (Å²) < 4.78 is 0. The van der Waals surface area contributed by atoms with Gasteiger partial charge in [-0.15, -0.1) is 0 Å². The van der Waals surface area contributed by atoms with Gasteiger partial charge in [0.15, 0.2) is 0 Å². The van der Waals surface area contributed by atoms with E-state index in [1.165, 1.54) is 19.4 Å². The van der Waals surface area contributed by atoms with E-state index >= 15 is 0 Å². The molecular formula is C35H48N10O8. The minimum atomic E-state index is -1.39. The summed E-state index contributed by atoms with van der Waals surface area (Å²) in [6.45, 7) is 6.37. The number of nitrogens with zero attached hydrogens (tertiary/aromatic N) is 1. The third-order valence-corrected chi connectivity index (χ3v) is 8.27. The molecule has 1 saturated heterocycles. The van der Waals surface area contributed by atoms with Crippen LogP contribution in [-0.4, -0.2) is 101 Å². The summed E-state index contributed by atoms with van der Waals surface area (Å²) in [5.74, 6) is -5.78. The molecule has 18 heteroatoms. The molecule has 18 nitrogen and oxygen atoms in total. The molecule has 286 valence electrons. The normalized spacial score (nSPS) is 21.4. The molecular weight excluding hydrogens is 688 g/mol. The molecule has 5 atom stereocenters. The number of primary amides is 1. The number of aromatic amines is 1.